The lowest BCUT2D eigenvalue weighted by molar-refractivity contribution is 0.423. The summed E-state index contributed by atoms with van der Waals surface area (Å²) < 4.78 is 1.78. The molecular weight excluding hydrogens is 190 g/mol. The molecular formula is C10H15N5. The number of hydrogen-bond donors (Lipinski definition) is 1. The fourth-order valence-corrected chi connectivity index (χ4v) is 1.90. The maximum Gasteiger partial charge on any atom is 0.145 e. The second-order valence-electron chi connectivity index (χ2n) is 3.94. The van der Waals surface area contributed by atoms with Crippen LogP contribution in [-0.2, 0) is 7.05 Å². The van der Waals surface area contributed by atoms with E-state index in [4.69, 9.17) is 5.26 Å². The van der Waals surface area contributed by atoms with Crippen LogP contribution in [0, 0.1) is 18.3 Å². The molecule has 5 heteroatoms. The molecule has 0 radical (unpaired) electrons. The summed E-state index contributed by atoms with van der Waals surface area (Å²) >= 11 is 0. The third-order valence-corrected chi connectivity index (χ3v) is 2.95. The van der Waals surface area contributed by atoms with Crippen molar-refractivity contribution in [3.05, 3.63) is 11.3 Å². The number of aryl methyl sites for hydroxylation is 2. The second kappa shape index (κ2) is 3.55. The third-order valence-electron chi connectivity index (χ3n) is 2.95. The smallest absolute Gasteiger partial charge is 0.145 e. The minimum atomic E-state index is 0.479. The Hall–Kier alpha value is -1.54. The lowest BCUT2D eigenvalue weighted by Crippen LogP contribution is -2.56. The average Bonchev–Trinajstić information content (AvgIpc) is 2.37. The van der Waals surface area contributed by atoms with Crippen molar-refractivity contribution in [3.63, 3.8) is 0 Å². The second-order valence-corrected chi connectivity index (χ2v) is 3.94. The van der Waals surface area contributed by atoms with Crippen molar-refractivity contribution in [2.45, 2.75) is 13.0 Å². The van der Waals surface area contributed by atoms with Crippen LogP contribution < -0.4 is 10.2 Å². The molecule has 1 saturated heterocycles. The van der Waals surface area contributed by atoms with E-state index >= 15 is 0 Å². The highest BCUT2D eigenvalue weighted by Crippen LogP contribution is 2.23. The van der Waals surface area contributed by atoms with Crippen LogP contribution in [0.2, 0.25) is 0 Å². The predicted molar refractivity (Wildman–Crippen MR) is 57.7 cm³/mol. The van der Waals surface area contributed by atoms with Crippen molar-refractivity contribution in [1.82, 2.24) is 15.1 Å². The Kier molecular flexibility index (Phi) is 2.37. The van der Waals surface area contributed by atoms with Gasteiger partial charge in [-0.3, -0.25) is 4.68 Å². The van der Waals surface area contributed by atoms with E-state index in [-0.39, 0.29) is 0 Å². The van der Waals surface area contributed by atoms with Crippen molar-refractivity contribution < 1.29 is 0 Å². The molecule has 5 nitrogen and oxygen atoms in total. The van der Waals surface area contributed by atoms with Gasteiger partial charge in [0.25, 0.3) is 0 Å². The Morgan fingerprint density at radius 2 is 2.27 bits per heavy atom. The van der Waals surface area contributed by atoms with Gasteiger partial charge in [0.05, 0.1) is 11.7 Å². The lowest BCUT2D eigenvalue weighted by atomic mass is 10.1. The van der Waals surface area contributed by atoms with E-state index in [1.165, 1.54) is 0 Å². The number of nitriles is 1. The van der Waals surface area contributed by atoms with Crippen LogP contribution in [0.4, 0.5) is 5.82 Å². The van der Waals surface area contributed by atoms with Crippen LogP contribution >= 0.6 is 0 Å². The number of rotatable bonds is 2. The number of nitrogens with one attached hydrogen (secondary N) is 1. The van der Waals surface area contributed by atoms with E-state index in [0.29, 0.717) is 11.6 Å². The first-order valence-corrected chi connectivity index (χ1v) is 5.02. The van der Waals surface area contributed by atoms with Gasteiger partial charge < -0.3 is 10.2 Å². The maximum atomic E-state index is 9.09. The van der Waals surface area contributed by atoms with Crippen LogP contribution in [0.15, 0.2) is 0 Å². The standard InChI is InChI=1S/C10H15N5/c1-7-9(4-11)10(15(3)13-7)14(2)8-5-12-6-8/h8,12H,5-6H2,1-3H3. The quantitative estimate of drug-likeness (QED) is 0.739. The Bertz CT molecular complexity index is 410. The zero-order valence-corrected chi connectivity index (χ0v) is 9.28. The van der Waals surface area contributed by atoms with Crippen molar-refractivity contribution in [2.24, 2.45) is 7.05 Å². The number of anilines is 1. The third kappa shape index (κ3) is 1.47. The molecule has 0 atom stereocenters. The van der Waals surface area contributed by atoms with E-state index in [1.807, 2.05) is 21.0 Å². The van der Waals surface area contributed by atoms with Gasteiger partial charge in [0.1, 0.15) is 17.5 Å². The van der Waals surface area contributed by atoms with E-state index < -0.39 is 0 Å². The number of hydrogen-bond acceptors (Lipinski definition) is 4. The van der Waals surface area contributed by atoms with Gasteiger partial charge in [-0.05, 0) is 6.92 Å². The SMILES string of the molecule is Cc1nn(C)c(N(C)C2CNC2)c1C#N. The van der Waals surface area contributed by atoms with Gasteiger partial charge >= 0.3 is 0 Å². The first kappa shape index (κ1) is 9.99. The lowest BCUT2D eigenvalue weighted by Gasteiger charge is -2.36. The summed E-state index contributed by atoms with van der Waals surface area (Å²) in [6.45, 7) is 3.83. The van der Waals surface area contributed by atoms with Gasteiger partial charge in [0.15, 0.2) is 0 Å². The van der Waals surface area contributed by atoms with Crippen LogP contribution in [0.1, 0.15) is 11.3 Å². The van der Waals surface area contributed by atoms with Gasteiger partial charge in [-0.2, -0.15) is 10.4 Å². The highest BCUT2D eigenvalue weighted by Gasteiger charge is 2.26. The van der Waals surface area contributed by atoms with Crippen molar-refractivity contribution >= 4 is 5.82 Å². The molecule has 0 unspecified atom stereocenters. The first-order chi connectivity index (χ1) is 7.15. The summed E-state index contributed by atoms with van der Waals surface area (Å²) in [6, 6.07) is 2.70. The Morgan fingerprint density at radius 3 is 2.73 bits per heavy atom. The van der Waals surface area contributed by atoms with Crippen molar-refractivity contribution in [2.75, 3.05) is 25.0 Å². The molecule has 0 amide bonds. The molecule has 0 saturated carbocycles. The summed E-state index contributed by atoms with van der Waals surface area (Å²) in [5.74, 6) is 0.918. The molecule has 1 aromatic heterocycles. The Labute approximate surface area is 89.3 Å². The van der Waals surface area contributed by atoms with E-state index in [1.54, 1.807) is 4.68 Å². The van der Waals surface area contributed by atoms with Gasteiger partial charge in [-0.1, -0.05) is 0 Å². The molecule has 1 aliphatic heterocycles. The van der Waals surface area contributed by atoms with Gasteiger partial charge in [-0.25, -0.2) is 0 Å². The number of likely N-dealkylation sites (N-methyl/N-ethyl adjacent to an activating group) is 1. The molecule has 80 valence electrons. The molecule has 0 aliphatic carbocycles. The molecule has 0 aromatic carbocycles. The topological polar surface area (TPSA) is 56.9 Å². The van der Waals surface area contributed by atoms with Crippen LogP contribution in [0.5, 0.6) is 0 Å². The zero-order valence-electron chi connectivity index (χ0n) is 9.28. The molecule has 2 heterocycles. The van der Waals surface area contributed by atoms with Crippen molar-refractivity contribution in [1.29, 1.82) is 5.26 Å². The van der Waals surface area contributed by atoms with Crippen LogP contribution in [0.3, 0.4) is 0 Å². The van der Waals surface area contributed by atoms with Crippen LogP contribution in [0.25, 0.3) is 0 Å². The summed E-state index contributed by atoms with van der Waals surface area (Å²) in [5.41, 5.74) is 1.49. The van der Waals surface area contributed by atoms with Crippen LogP contribution in [-0.4, -0.2) is 36.0 Å². The molecule has 2 rings (SSSR count). The minimum absolute atomic E-state index is 0.479. The fourth-order valence-electron chi connectivity index (χ4n) is 1.90. The number of aromatic nitrogens is 2. The molecule has 1 fully saturated rings. The van der Waals surface area contributed by atoms with E-state index in [0.717, 1.165) is 24.6 Å². The minimum Gasteiger partial charge on any atom is -0.353 e. The fraction of sp³-hybridized carbons (Fsp3) is 0.600. The molecule has 15 heavy (non-hydrogen) atoms. The first-order valence-electron chi connectivity index (χ1n) is 5.02. The van der Waals surface area contributed by atoms with E-state index in [9.17, 15) is 0 Å². The molecule has 1 N–H and O–H groups in total. The largest absolute Gasteiger partial charge is 0.353 e. The predicted octanol–water partition coefficient (Wildman–Crippen LogP) is 0.00820. The van der Waals surface area contributed by atoms with Gasteiger partial charge in [0, 0.05) is 27.2 Å². The van der Waals surface area contributed by atoms with Crippen molar-refractivity contribution in [3.8, 4) is 6.07 Å². The Morgan fingerprint density at radius 1 is 1.60 bits per heavy atom. The zero-order chi connectivity index (χ0) is 11.0. The maximum absolute atomic E-state index is 9.09. The molecule has 0 spiro atoms. The van der Waals surface area contributed by atoms with E-state index in [2.05, 4.69) is 21.4 Å². The molecule has 1 aliphatic rings. The average molecular weight is 205 g/mol. The molecule has 1 aromatic rings. The van der Waals surface area contributed by atoms with Gasteiger partial charge in [-0.15, -0.1) is 0 Å². The molecule has 0 bridgehead atoms. The monoisotopic (exact) mass is 205 g/mol. The summed E-state index contributed by atoms with van der Waals surface area (Å²) in [6.07, 6.45) is 0. The normalized spacial score (nSPS) is 15.9. The summed E-state index contributed by atoms with van der Waals surface area (Å²) in [5, 5.41) is 16.6. The van der Waals surface area contributed by atoms with Gasteiger partial charge in [0.2, 0.25) is 0 Å². The summed E-state index contributed by atoms with van der Waals surface area (Å²) in [4.78, 5) is 2.13. The number of nitrogens with zero attached hydrogens (tertiary/aromatic N) is 4. The highest BCUT2D eigenvalue weighted by molar-refractivity contribution is 5.57. The Balaban J connectivity index is 2.37. The summed E-state index contributed by atoms with van der Waals surface area (Å²) in [7, 11) is 3.90. The highest BCUT2D eigenvalue weighted by atomic mass is 15.4.